The average molecular weight is 354 g/mol. The number of carbonyl (C=O) groups excluding carboxylic acids is 2. The summed E-state index contributed by atoms with van der Waals surface area (Å²) in [6, 6.07) is 17.3. The van der Waals surface area contributed by atoms with Crippen LogP contribution in [-0.4, -0.2) is 31.5 Å². The van der Waals surface area contributed by atoms with Crippen molar-refractivity contribution < 1.29 is 14.3 Å². The minimum atomic E-state index is -0.238. The van der Waals surface area contributed by atoms with Gasteiger partial charge in [0, 0.05) is 18.7 Å². The summed E-state index contributed by atoms with van der Waals surface area (Å²) >= 11 is 0. The number of nitrogens with one attached hydrogen (secondary N) is 2. The van der Waals surface area contributed by atoms with Gasteiger partial charge in [-0.05, 0) is 37.5 Å². The third-order valence-electron chi connectivity index (χ3n) is 4.08. The first kappa shape index (κ1) is 19.7. The molecule has 0 fully saturated rings. The normalized spacial score (nSPS) is 11.6. The molecule has 0 aliphatic carbocycles. The van der Waals surface area contributed by atoms with Crippen LogP contribution >= 0.6 is 0 Å². The molecule has 2 aromatic carbocycles. The fourth-order valence-electron chi connectivity index (χ4n) is 2.53. The molecule has 2 N–H and O–H groups in total. The molecule has 2 aromatic rings. The van der Waals surface area contributed by atoms with Crippen LogP contribution in [0.3, 0.4) is 0 Å². The second kappa shape index (κ2) is 10.4. The summed E-state index contributed by atoms with van der Waals surface area (Å²) < 4.78 is 5.76. The lowest BCUT2D eigenvalue weighted by molar-refractivity contribution is -0.120. The summed E-state index contributed by atoms with van der Waals surface area (Å²) in [5.41, 5.74) is 2.61. The predicted molar refractivity (Wildman–Crippen MR) is 102 cm³/mol. The number of benzene rings is 2. The van der Waals surface area contributed by atoms with Crippen LogP contribution in [0.4, 0.5) is 0 Å². The van der Waals surface area contributed by atoms with Crippen LogP contribution in [-0.2, 0) is 9.53 Å². The van der Waals surface area contributed by atoms with Crippen molar-refractivity contribution in [1.82, 2.24) is 10.6 Å². The molecule has 0 aromatic heterocycles. The van der Waals surface area contributed by atoms with E-state index in [1.54, 1.807) is 12.1 Å². The van der Waals surface area contributed by atoms with E-state index < -0.39 is 0 Å². The Morgan fingerprint density at radius 3 is 2.42 bits per heavy atom. The summed E-state index contributed by atoms with van der Waals surface area (Å²) in [5.74, 6) is -0.443. The molecular weight excluding hydrogens is 328 g/mol. The predicted octanol–water partition coefficient (Wildman–Crippen LogP) is 3.01. The van der Waals surface area contributed by atoms with Gasteiger partial charge in [0.25, 0.3) is 5.91 Å². The van der Waals surface area contributed by atoms with Gasteiger partial charge in [-0.25, -0.2) is 0 Å². The van der Waals surface area contributed by atoms with Gasteiger partial charge in [0.15, 0.2) is 0 Å². The van der Waals surface area contributed by atoms with Crippen molar-refractivity contribution >= 4 is 11.8 Å². The lowest BCUT2D eigenvalue weighted by Gasteiger charge is -2.13. The number of rotatable bonds is 9. The molecule has 0 radical (unpaired) electrons. The van der Waals surface area contributed by atoms with Gasteiger partial charge in [0.2, 0.25) is 5.91 Å². The van der Waals surface area contributed by atoms with Crippen molar-refractivity contribution in [2.75, 3.05) is 19.7 Å². The monoisotopic (exact) mass is 354 g/mol. The first-order valence-corrected chi connectivity index (χ1v) is 8.85. The second-order valence-electron chi connectivity index (χ2n) is 6.12. The number of ether oxygens (including phenoxy) is 1. The van der Waals surface area contributed by atoms with Gasteiger partial charge in [0.05, 0.1) is 12.6 Å². The lowest BCUT2D eigenvalue weighted by atomic mass is 10.1. The molecule has 1 atom stereocenters. The molecule has 2 rings (SSSR count). The first-order valence-electron chi connectivity index (χ1n) is 8.85. The molecule has 0 aliphatic rings. The van der Waals surface area contributed by atoms with Crippen molar-refractivity contribution in [1.29, 1.82) is 0 Å². The Balaban J connectivity index is 1.59. The highest BCUT2D eigenvalue weighted by Crippen LogP contribution is 2.15. The van der Waals surface area contributed by atoms with Crippen LogP contribution in [0.5, 0.6) is 0 Å². The average Bonchev–Trinajstić information content (AvgIpc) is 2.66. The molecule has 0 saturated heterocycles. The second-order valence-corrected chi connectivity index (χ2v) is 6.12. The minimum absolute atomic E-state index is 0.0281. The maximum atomic E-state index is 12.0. The van der Waals surface area contributed by atoms with Crippen molar-refractivity contribution in [2.45, 2.75) is 26.4 Å². The molecule has 0 spiro atoms. The van der Waals surface area contributed by atoms with Gasteiger partial charge in [-0.1, -0.05) is 48.5 Å². The molecule has 2 amide bonds. The van der Waals surface area contributed by atoms with Crippen LogP contribution < -0.4 is 10.6 Å². The molecule has 5 heteroatoms. The van der Waals surface area contributed by atoms with E-state index in [1.807, 2.05) is 56.3 Å². The van der Waals surface area contributed by atoms with Crippen LogP contribution in [0.1, 0.15) is 40.9 Å². The van der Waals surface area contributed by atoms with Gasteiger partial charge in [0.1, 0.15) is 0 Å². The van der Waals surface area contributed by atoms with E-state index in [1.165, 1.54) is 0 Å². The van der Waals surface area contributed by atoms with Gasteiger partial charge in [-0.2, -0.15) is 0 Å². The smallest absolute Gasteiger partial charge is 0.251 e. The molecule has 26 heavy (non-hydrogen) atoms. The molecule has 138 valence electrons. The topological polar surface area (TPSA) is 67.4 Å². The summed E-state index contributed by atoms with van der Waals surface area (Å²) in [5, 5.41) is 5.42. The van der Waals surface area contributed by atoms with E-state index in [-0.39, 0.29) is 24.5 Å². The van der Waals surface area contributed by atoms with Crippen LogP contribution in [0.15, 0.2) is 54.6 Å². The molecule has 0 bridgehead atoms. The van der Waals surface area contributed by atoms with Crippen LogP contribution in [0, 0.1) is 6.92 Å². The maximum absolute atomic E-state index is 12.0. The summed E-state index contributed by atoms with van der Waals surface area (Å²) in [4.78, 5) is 23.9. The van der Waals surface area contributed by atoms with E-state index in [4.69, 9.17) is 4.74 Å². The molecule has 1 unspecified atom stereocenters. The summed E-state index contributed by atoms with van der Waals surface area (Å²) in [6.45, 7) is 4.92. The number of hydrogen-bond donors (Lipinski definition) is 2. The van der Waals surface area contributed by atoms with Crippen LogP contribution in [0.25, 0.3) is 0 Å². The third kappa shape index (κ3) is 6.33. The minimum Gasteiger partial charge on any atom is -0.374 e. The number of amides is 2. The van der Waals surface area contributed by atoms with Crippen molar-refractivity contribution in [3.8, 4) is 0 Å². The lowest BCUT2D eigenvalue weighted by Crippen LogP contribution is -2.37. The zero-order valence-corrected chi connectivity index (χ0v) is 15.3. The quantitative estimate of drug-likeness (QED) is 0.680. The Morgan fingerprint density at radius 1 is 1.00 bits per heavy atom. The maximum Gasteiger partial charge on any atom is 0.251 e. The fraction of sp³-hybridized carbons (Fsp3) is 0.333. The molecule has 0 saturated carbocycles. The summed E-state index contributed by atoms with van der Waals surface area (Å²) in [6.07, 6.45) is 0.745. The number of carbonyl (C=O) groups is 2. The largest absolute Gasteiger partial charge is 0.374 e. The van der Waals surface area contributed by atoms with E-state index in [9.17, 15) is 9.59 Å². The third-order valence-corrected chi connectivity index (χ3v) is 4.08. The highest BCUT2D eigenvalue weighted by molar-refractivity contribution is 5.97. The Labute approximate surface area is 154 Å². The number of hydrogen-bond acceptors (Lipinski definition) is 3. The van der Waals surface area contributed by atoms with E-state index >= 15 is 0 Å². The fourth-order valence-corrected chi connectivity index (χ4v) is 2.53. The Morgan fingerprint density at radius 2 is 1.69 bits per heavy atom. The Hall–Kier alpha value is -2.66. The number of aryl methyl sites for hydroxylation is 1. The van der Waals surface area contributed by atoms with Crippen molar-refractivity contribution in [3.05, 3.63) is 71.3 Å². The van der Waals surface area contributed by atoms with E-state index in [0.717, 1.165) is 11.1 Å². The van der Waals surface area contributed by atoms with Gasteiger partial charge in [-0.15, -0.1) is 0 Å². The van der Waals surface area contributed by atoms with Gasteiger partial charge >= 0.3 is 0 Å². The van der Waals surface area contributed by atoms with Crippen molar-refractivity contribution in [3.63, 3.8) is 0 Å². The zero-order valence-electron chi connectivity index (χ0n) is 15.3. The Bertz CT molecular complexity index is 716. The van der Waals surface area contributed by atoms with Gasteiger partial charge < -0.3 is 15.4 Å². The zero-order chi connectivity index (χ0) is 18.8. The highest BCUT2D eigenvalue weighted by atomic mass is 16.5. The highest BCUT2D eigenvalue weighted by Gasteiger charge is 2.10. The Kier molecular flexibility index (Phi) is 7.83. The SMILES string of the molecule is Cc1ccccc1C(=O)NCC(=O)NCCCOC(C)c1ccccc1. The van der Waals surface area contributed by atoms with Gasteiger partial charge in [-0.3, -0.25) is 9.59 Å². The van der Waals surface area contributed by atoms with Crippen molar-refractivity contribution in [2.24, 2.45) is 0 Å². The van der Waals surface area contributed by atoms with Crippen LogP contribution in [0.2, 0.25) is 0 Å². The summed E-state index contributed by atoms with van der Waals surface area (Å²) in [7, 11) is 0. The molecule has 0 aliphatic heterocycles. The van der Waals surface area contributed by atoms with E-state index in [0.29, 0.717) is 25.1 Å². The van der Waals surface area contributed by atoms with E-state index in [2.05, 4.69) is 10.6 Å². The molecule has 0 heterocycles. The molecule has 5 nitrogen and oxygen atoms in total. The first-order chi connectivity index (χ1) is 12.6. The molecular formula is C21H26N2O3. The standard InChI is InChI=1S/C21H26N2O3/c1-16-9-6-7-12-19(16)21(25)23-15-20(24)22-13-8-14-26-17(2)18-10-4-3-5-11-18/h3-7,9-12,17H,8,13-15H2,1-2H3,(H,22,24)(H,23,25).